The molecule has 7 heteroatoms. The van der Waals surface area contributed by atoms with Crippen molar-refractivity contribution >= 4 is 27.8 Å². The highest BCUT2D eigenvalue weighted by Gasteiger charge is 2.24. The van der Waals surface area contributed by atoms with Crippen LogP contribution < -0.4 is 0 Å². The Morgan fingerprint density at radius 2 is 1.73 bits per heavy atom. The number of fused-ring (bicyclic) bond motifs is 2. The van der Waals surface area contributed by atoms with Gasteiger partial charge in [0.2, 0.25) is 0 Å². The summed E-state index contributed by atoms with van der Waals surface area (Å²) in [6.45, 7) is 2.54. The van der Waals surface area contributed by atoms with E-state index in [1.165, 1.54) is 0 Å². The summed E-state index contributed by atoms with van der Waals surface area (Å²) in [6.07, 6.45) is 1.75. The van der Waals surface area contributed by atoms with Crippen molar-refractivity contribution in [3.05, 3.63) is 114 Å². The van der Waals surface area contributed by atoms with Gasteiger partial charge in [-0.15, -0.1) is 0 Å². The second kappa shape index (κ2) is 9.35. The Morgan fingerprint density at radius 3 is 2.57 bits per heavy atom. The summed E-state index contributed by atoms with van der Waals surface area (Å²) in [5, 5.41) is 5.25. The van der Waals surface area contributed by atoms with Crippen molar-refractivity contribution in [2.75, 3.05) is 0 Å². The van der Waals surface area contributed by atoms with Gasteiger partial charge in [-0.25, -0.2) is 4.98 Å². The quantitative estimate of drug-likeness (QED) is 0.291. The Bertz CT molecular complexity index is 1740. The summed E-state index contributed by atoms with van der Waals surface area (Å²) in [5.74, 6) is 1.38. The van der Waals surface area contributed by atoms with Crippen LogP contribution in [0.15, 0.2) is 95.6 Å². The van der Waals surface area contributed by atoms with Gasteiger partial charge in [0.05, 0.1) is 29.6 Å². The Morgan fingerprint density at radius 1 is 0.919 bits per heavy atom. The van der Waals surface area contributed by atoms with Gasteiger partial charge in [-0.05, 0) is 43.3 Å². The van der Waals surface area contributed by atoms with Gasteiger partial charge in [-0.2, -0.15) is 0 Å². The molecule has 0 spiro atoms. The Balaban J connectivity index is 1.42. The van der Waals surface area contributed by atoms with E-state index < -0.39 is 0 Å². The normalized spacial score (nSPS) is 11.3. The maximum atomic E-state index is 14.0. The van der Waals surface area contributed by atoms with E-state index in [1.54, 1.807) is 6.20 Å². The molecule has 0 bridgehead atoms. The Hall–Kier alpha value is -4.78. The number of nitrogens with zero attached hydrogens (tertiary/aromatic N) is 5. The Kier molecular flexibility index (Phi) is 5.73. The second-order valence-electron chi connectivity index (χ2n) is 9.08. The maximum absolute atomic E-state index is 14.0. The summed E-state index contributed by atoms with van der Waals surface area (Å²) in [5.41, 5.74) is 5.92. The third kappa shape index (κ3) is 4.25. The maximum Gasteiger partial charge on any atom is 0.254 e. The van der Waals surface area contributed by atoms with Crippen LogP contribution in [0.3, 0.4) is 0 Å². The van der Waals surface area contributed by atoms with Gasteiger partial charge < -0.3 is 14.0 Å². The molecular formula is C30H25N5O2. The number of pyridine rings is 1. The molecule has 0 fully saturated rings. The van der Waals surface area contributed by atoms with Crippen LogP contribution in [0, 0.1) is 6.92 Å². The van der Waals surface area contributed by atoms with Gasteiger partial charge in [-0.3, -0.25) is 9.78 Å². The van der Waals surface area contributed by atoms with E-state index in [4.69, 9.17) is 9.51 Å². The molecule has 7 nitrogen and oxygen atoms in total. The van der Waals surface area contributed by atoms with Crippen LogP contribution in [0.5, 0.6) is 0 Å². The van der Waals surface area contributed by atoms with Crippen LogP contribution in [0.1, 0.15) is 27.5 Å². The molecule has 0 saturated heterocycles. The van der Waals surface area contributed by atoms with Gasteiger partial charge in [-0.1, -0.05) is 53.7 Å². The fraction of sp³-hybridized carbons (Fsp3) is 0.133. The van der Waals surface area contributed by atoms with E-state index in [0.717, 1.165) is 44.6 Å². The summed E-state index contributed by atoms with van der Waals surface area (Å²) in [7, 11) is 1.98. The minimum absolute atomic E-state index is 0.0996. The van der Waals surface area contributed by atoms with Crippen molar-refractivity contribution < 1.29 is 9.32 Å². The number of aryl methyl sites for hydroxylation is 2. The van der Waals surface area contributed by atoms with Crippen LogP contribution in [0.2, 0.25) is 0 Å². The van der Waals surface area contributed by atoms with E-state index in [9.17, 15) is 4.79 Å². The molecule has 0 radical (unpaired) electrons. The largest absolute Gasteiger partial charge is 0.361 e. The standard InChI is InChI=1S/C30H25N5O2/c1-20-24(29(33-37-20)21-9-4-3-5-10-21)18-35(19-28-32-26-12-6-7-13-27(26)34(28)2)30(36)23-14-15-25-22(17-23)11-8-16-31-25/h3-17H,18-19H2,1-2H3. The van der Waals surface area contributed by atoms with E-state index in [0.29, 0.717) is 24.4 Å². The van der Waals surface area contributed by atoms with E-state index in [-0.39, 0.29) is 5.91 Å². The molecule has 0 aliphatic carbocycles. The lowest BCUT2D eigenvalue weighted by molar-refractivity contribution is 0.0724. The van der Waals surface area contributed by atoms with Gasteiger partial charge in [0.1, 0.15) is 17.3 Å². The first-order valence-corrected chi connectivity index (χ1v) is 12.1. The monoisotopic (exact) mass is 487 g/mol. The zero-order valence-corrected chi connectivity index (χ0v) is 20.6. The van der Waals surface area contributed by atoms with Crippen molar-refractivity contribution in [3.8, 4) is 11.3 Å². The minimum Gasteiger partial charge on any atom is -0.361 e. The van der Waals surface area contributed by atoms with Crippen LogP contribution in [0.4, 0.5) is 0 Å². The van der Waals surface area contributed by atoms with E-state index >= 15 is 0 Å². The average Bonchev–Trinajstić information content (AvgIpc) is 3.47. The summed E-state index contributed by atoms with van der Waals surface area (Å²) in [6, 6.07) is 27.3. The molecule has 6 aromatic rings. The number of carbonyl (C=O) groups is 1. The average molecular weight is 488 g/mol. The SMILES string of the molecule is Cc1onc(-c2ccccc2)c1CN(Cc1nc2ccccc2n1C)C(=O)c1ccc2ncccc2c1. The van der Waals surface area contributed by atoms with Crippen LogP contribution in [0.25, 0.3) is 33.2 Å². The van der Waals surface area contributed by atoms with E-state index in [2.05, 4.69) is 10.1 Å². The number of amides is 1. The van der Waals surface area contributed by atoms with Gasteiger partial charge in [0.25, 0.3) is 5.91 Å². The number of hydrogen-bond donors (Lipinski definition) is 0. The highest BCUT2D eigenvalue weighted by molar-refractivity contribution is 5.98. The van der Waals surface area contributed by atoms with Gasteiger partial charge >= 0.3 is 0 Å². The lowest BCUT2D eigenvalue weighted by Crippen LogP contribution is -2.31. The third-order valence-electron chi connectivity index (χ3n) is 6.73. The van der Waals surface area contributed by atoms with Crippen molar-refractivity contribution in [2.45, 2.75) is 20.0 Å². The number of imidazole rings is 1. The fourth-order valence-electron chi connectivity index (χ4n) is 4.69. The van der Waals surface area contributed by atoms with Crippen molar-refractivity contribution in [2.24, 2.45) is 7.05 Å². The van der Waals surface area contributed by atoms with E-state index in [1.807, 2.05) is 108 Å². The van der Waals surface area contributed by atoms with Gasteiger partial charge in [0, 0.05) is 35.3 Å². The second-order valence-corrected chi connectivity index (χ2v) is 9.08. The minimum atomic E-state index is -0.0996. The highest BCUT2D eigenvalue weighted by Crippen LogP contribution is 2.28. The molecule has 0 aliphatic rings. The molecule has 3 aromatic heterocycles. The third-order valence-corrected chi connectivity index (χ3v) is 6.73. The number of rotatable bonds is 6. The predicted octanol–water partition coefficient (Wildman–Crippen LogP) is 5.93. The zero-order chi connectivity index (χ0) is 25.4. The molecule has 3 aromatic carbocycles. The topological polar surface area (TPSA) is 77.0 Å². The highest BCUT2D eigenvalue weighted by atomic mass is 16.5. The van der Waals surface area contributed by atoms with Crippen molar-refractivity contribution in [3.63, 3.8) is 0 Å². The molecule has 0 atom stereocenters. The van der Waals surface area contributed by atoms with Crippen LogP contribution in [-0.4, -0.2) is 30.5 Å². The number of aromatic nitrogens is 4. The van der Waals surface area contributed by atoms with Crippen molar-refractivity contribution in [1.82, 2.24) is 24.6 Å². The predicted molar refractivity (Wildman–Crippen MR) is 143 cm³/mol. The smallest absolute Gasteiger partial charge is 0.254 e. The number of benzene rings is 3. The molecule has 0 N–H and O–H groups in total. The summed E-state index contributed by atoms with van der Waals surface area (Å²) in [4.78, 5) is 25.1. The summed E-state index contributed by atoms with van der Waals surface area (Å²) >= 11 is 0. The first-order valence-electron chi connectivity index (χ1n) is 12.1. The molecule has 0 unspecified atom stereocenters. The van der Waals surface area contributed by atoms with Crippen LogP contribution >= 0.6 is 0 Å². The first-order chi connectivity index (χ1) is 18.1. The first kappa shape index (κ1) is 22.7. The number of hydrogen-bond acceptors (Lipinski definition) is 5. The lowest BCUT2D eigenvalue weighted by atomic mass is 10.0. The van der Waals surface area contributed by atoms with Crippen molar-refractivity contribution in [1.29, 1.82) is 0 Å². The molecule has 6 rings (SSSR count). The molecule has 0 aliphatic heterocycles. The Labute approximate surface area is 214 Å². The molecule has 3 heterocycles. The molecule has 182 valence electrons. The molecule has 37 heavy (non-hydrogen) atoms. The molecular weight excluding hydrogens is 462 g/mol. The number of para-hydroxylation sites is 2. The molecule has 1 amide bonds. The molecule has 0 saturated carbocycles. The van der Waals surface area contributed by atoms with Gasteiger partial charge in [0.15, 0.2) is 0 Å². The number of carbonyl (C=O) groups excluding carboxylic acids is 1. The lowest BCUT2D eigenvalue weighted by Gasteiger charge is -2.23. The van der Waals surface area contributed by atoms with Crippen LogP contribution in [-0.2, 0) is 20.1 Å². The zero-order valence-electron chi connectivity index (χ0n) is 20.6. The summed E-state index contributed by atoms with van der Waals surface area (Å²) < 4.78 is 7.64. The fourth-order valence-corrected chi connectivity index (χ4v) is 4.69.